The third kappa shape index (κ3) is 6.60. The summed E-state index contributed by atoms with van der Waals surface area (Å²) < 4.78 is 0. The summed E-state index contributed by atoms with van der Waals surface area (Å²) in [5.41, 5.74) is 2.74. The third-order valence-electron chi connectivity index (χ3n) is 0.974. The Kier molecular flexibility index (Phi) is 7.02. The maximum atomic E-state index is 5.41. The van der Waals surface area contributed by atoms with Crippen molar-refractivity contribution in [2.45, 2.75) is 25.1 Å². The smallest absolute Gasteiger partial charge is 0.0795 e. The first-order valence-electron chi connectivity index (χ1n) is 3.36. The van der Waals surface area contributed by atoms with Crippen molar-refractivity contribution in [1.82, 2.24) is 4.98 Å². The number of aromatic nitrogens is 1. The first kappa shape index (κ1) is 11.2. The number of nitrogens with zero attached hydrogens (tertiary/aromatic N) is 1. The average Bonchev–Trinajstić information content (AvgIpc) is 2.75. The number of hydrogen-bond acceptors (Lipinski definition) is 2. The van der Waals surface area contributed by atoms with E-state index in [-0.39, 0.29) is 12.4 Å². The highest BCUT2D eigenvalue weighted by atomic mass is 35.5. The summed E-state index contributed by atoms with van der Waals surface area (Å²) in [5, 5.41) is 1.94. The lowest BCUT2D eigenvalue weighted by Crippen LogP contribution is -1.70. The molecule has 1 aliphatic rings. The summed E-state index contributed by atoms with van der Waals surface area (Å²) in [5.74, 6) is 0.531. The maximum absolute atomic E-state index is 5.41. The summed E-state index contributed by atoms with van der Waals surface area (Å²) in [6.07, 6.45) is 4.50. The fraction of sp³-hybridized carbons (Fsp3) is 0.571. The zero-order valence-corrected chi connectivity index (χ0v) is 8.51. The SMILES string of the molecule is C1CC1.Cl.ClCc1cscn1. The lowest BCUT2D eigenvalue weighted by Gasteiger charge is -1.75. The molecule has 0 bridgehead atoms. The highest BCUT2D eigenvalue weighted by molar-refractivity contribution is 7.07. The van der Waals surface area contributed by atoms with Crippen LogP contribution in [0.15, 0.2) is 10.9 Å². The Morgan fingerprint density at radius 1 is 1.45 bits per heavy atom. The molecule has 64 valence electrons. The predicted octanol–water partition coefficient (Wildman–Crippen LogP) is 3.47. The molecule has 0 aromatic carbocycles. The van der Waals surface area contributed by atoms with Crippen LogP contribution in [0.2, 0.25) is 0 Å². The number of halogens is 2. The first-order valence-corrected chi connectivity index (χ1v) is 4.84. The van der Waals surface area contributed by atoms with Gasteiger partial charge in [-0.3, -0.25) is 0 Å². The van der Waals surface area contributed by atoms with E-state index >= 15 is 0 Å². The average molecular weight is 212 g/mol. The van der Waals surface area contributed by atoms with Gasteiger partial charge in [0.1, 0.15) is 0 Å². The van der Waals surface area contributed by atoms with Crippen LogP contribution in [0.5, 0.6) is 0 Å². The molecule has 0 atom stereocenters. The monoisotopic (exact) mass is 211 g/mol. The molecule has 1 heterocycles. The zero-order chi connectivity index (χ0) is 7.23. The molecule has 0 N–H and O–H groups in total. The van der Waals surface area contributed by atoms with E-state index in [1.54, 1.807) is 16.8 Å². The van der Waals surface area contributed by atoms with Crippen LogP contribution in [0.3, 0.4) is 0 Å². The number of thiazole rings is 1. The highest BCUT2D eigenvalue weighted by Crippen LogP contribution is 2.14. The summed E-state index contributed by atoms with van der Waals surface area (Å²) in [4.78, 5) is 3.92. The summed E-state index contributed by atoms with van der Waals surface area (Å²) in [6, 6.07) is 0. The summed E-state index contributed by atoms with van der Waals surface area (Å²) >= 11 is 6.98. The highest BCUT2D eigenvalue weighted by Gasteiger charge is 1.95. The van der Waals surface area contributed by atoms with Crippen molar-refractivity contribution < 1.29 is 0 Å². The minimum Gasteiger partial charge on any atom is -0.248 e. The van der Waals surface area contributed by atoms with Crippen LogP contribution in [0, 0.1) is 0 Å². The Hall–Kier alpha value is 0.210. The van der Waals surface area contributed by atoms with Gasteiger partial charge < -0.3 is 0 Å². The van der Waals surface area contributed by atoms with Gasteiger partial charge in [-0.25, -0.2) is 4.98 Å². The fourth-order valence-corrected chi connectivity index (χ4v) is 1.10. The predicted molar refractivity (Wildman–Crippen MR) is 52.8 cm³/mol. The van der Waals surface area contributed by atoms with Crippen LogP contribution in [0.25, 0.3) is 0 Å². The van der Waals surface area contributed by atoms with Gasteiger partial charge in [0.2, 0.25) is 0 Å². The summed E-state index contributed by atoms with van der Waals surface area (Å²) in [7, 11) is 0. The normalized spacial score (nSPS) is 12.5. The van der Waals surface area contributed by atoms with Crippen LogP contribution in [0.4, 0.5) is 0 Å². The van der Waals surface area contributed by atoms with E-state index in [0.29, 0.717) is 5.88 Å². The quantitative estimate of drug-likeness (QED) is 0.649. The molecule has 1 nitrogen and oxygen atoms in total. The van der Waals surface area contributed by atoms with E-state index in [1.165, 1.54) is 19.3 Å². The van der Waals surface area contributed by atoms with E-state index in [9.17, 15) is 0 Å². The second kappa shape index (κ2) is 6.89. The molecular weight excluding hydrogens is 201 g/mol. The van der Waals surface area contributed by atoms with Crippen molar-refractivity contribution in [2.75, 3.05) is 0 Å². The van der Waals surface area contributed by atoms with Gasteiger partial charge in [-0.2, -0.15) is 0 Å². The molecule has 0 amide bonds. The van der Waals surface area contributed by atoms with Gasteiger partial charge in [0.15, 0.2) is 0 Å². The maximum Gasteiger partial charge on any atom is 0.0795 e. The first-order chi connectivity index (χ1) is 4.93. The van der Waals surface area contributed by atoms with Crippen molar-refractivity contribution in [3.8, 4) is 0 Å². The standard InChI is InChI=1S/C4H4ClNS.C3H6.ClH/c5-1-4-2-7-3-6-4;1-2-3-1;/h2-3H,1H2;1-3H2;1H. The van der Waals surface area contributed by atoms with Crippen molar-refractivity contribution >= 4 is 35.3 Å². The van der Waals surface area contributed by atoms with E-state index < -0.39 is 0 Å². The lowest BCUT2D eigenvalue weighted by molar-refractivity contribution is 1.23. The van der Waals surface area contributed by atoms with Crippen LogP contribution >= 0.6 is 35.3 Å². The number of hydrogen-bond donors (Lipinski definition) is 0. The number of rotatable bonds is 1. The second-order valence-corrected chi connectivity index (χ2v) is 3.16. The molecule has 0 radical (unpaired) electrons. The topological polar surface area (TPSA) is 12.9 Å². The van der Waals surface area contributed by atoms with Crippen molar-refractivity contribution in [3.63, 3.8) is 0 Å². The minimum atomic E-state index is 0. The van der Waals surface area contributed by atoms with Crippen molar-refractivity contribution in [2.24, 2.45) is 0 Å². The molecule has 0 spiro atoms. The van der Waals surface area contributed by atoms with E-state index in [4.69, 9.17) is 11.6 Å². The summed E-state index contributed by atoms with van der Waals surface area (Å²) in [6.45, 7) is 0. The van der Waals surface area contributed by atoms with Crippen LogP contribution in [-0.4, -0.2) is 4.98 Å². The molecule has 1 fully saturated rings. The fourth-order valence-electron chi connectivity index (χ4n) is 0.304. The third-order valence-corrected chi connectivity index (χ3v) is 1.88. The van der Waals surface area contributed by atoms with Gasteiger partial charge in [0, 0.05) is 5.38 Å². The Morgan fingerprint density at radius 2 is 2.09 bits per heavy atom. The lowest BCUT2D eigenvalue weighted by atomic mass is 10.6. The van der Waals surface area contributed by atoms with Gasteiger partial charge >= 0.3 is 0 Å². The molecule has 11 heavy (non-hydrogen) atoms. The molecule has 1 aliphatic carbocycles. The van der Waals surface area contributed by atoms with Crippen LogP contribution in [-0.2, 0) is 5.88 Å². The molecule has 1 aromatic rings. The van der Waals surface area contributed by atoms with Crippen molar-refractivity contribution in [3.05, 3.63) is 16.6 Å². The second-order valence-electron chi connectivity index (χ2n) is 2.17. The molecule has 4 heteroatoms. The van der Waals surface area contributed by atoms with E-state index in [0.717, 1.165) is 5.69 Å². The van der Waals surface area contributed by atoms with Gasteiger partial charge in [0.25, 0.3) is 0 Å². The number of alkyl halides is 1. The molecule has 1 aromatic heterocycles. The van der Waals surface area contributed by atoms with Crippen LogP contribution < -0.4 is 0 Å². The zero-order valence-electron chi connectivity index (χ0n) is 6.12. The van der Waals surface area contributed by atoms with Gasteiger partial charge in [0.05, 0.1) is 17.1 Å². The van der Waals surface area contributed by atoms with Gasteiger partial charge in [-0.15, -0.1) is 35.3 Å². The minimum absolute atomic E-state index is 0. The molecule has 2 rings (SSSR count). The van der Waals surface area contributed by atoms with Gasteiger partial charge in [-0.05, 0) is 0 Å². The van der Waals surface area contributed by atoms with Gasteiger partial charge in [-0.1, -0.05) is 19.3 Å². The molecular formula is C7H11Cl2NS. The Balaban J connectivity index is 0.000000212. The Labute approximate surface area is 82.2 Å². The molecule has 1 saturated carbocycles. The molecule has 0 saturated heterocycles. The Bertz CT molecular complexity index is 160. The van der Waals surface area contributed by atoms with E-state index in [1.807, 2.05) is 5.38 Å². The van der Waals surface area contributed by atoms with Crippen LogP contribution in [0.1, 0.15) is 25.0 Å². The van der Waals surface area contributed by atoms with Crippen molar-refractivity contribution in [1.29, 1.82) is 0 Å². The Morgan fingerprint density at radius 3 is 2.27 bits per heavy atom. The molecule has 0 unspecified atom stereocenters. The van der Waals surface area contributed by atoms with E-state index in [2.05, 4.69) is 4.98 Å². The largest absolute Gasteiger partial charge is 0.248 e. The molecule has 0 aliphatic heterocycles.